The van der Waals surface area contributed by atoms with Gasteiger partial charge in [0.1, 0.15) is 4.83 Å². The summed E-state index contributed by atoms with van der Waals surface area (Å²) in [6, 6.07) is 10.1. The summed E-state index contributed by atoms with van der Waals surface area (Å²) >= 11 is 2.78. The monoisotopic (exact) mass is 371 g/mol. The number of fused-ring (bicyclic) bond motifs is 2. The number of hydrogen-bond acceptors (Lipinski definition) is 5. The van der Waals surface area contributed by atoms with Crippen molar-refractivity contribution in [1.29, 1.82) is 0 Å². The molecule has 2 aromatic heterocycles. The van der Waals surface area contributed by atoms with Crippen LogP contribution in [-0.4, -0.2) is 32.7 Å². The quantitative estimate of drug-likeness (QED) is 0.525. The molecule has 3 heterocycles. The van der Waals surface area contributed by atoms with Crippen LogP contribution in [0.1, 0.15) is 11.1 Å². The van der Waals surface area contributed by atoms with E-state index in [9.17, 15) is 9.59 Å². The van der Waals surface area contributed by atoms with E-state index in [0.29, 0.717) is 22.8 Å². The van der Waals surface area contributed by atoms with E-state index >= 15 is 0 Å². The van der Waals surface area contributed by atoms with Gasteiger partial charge in [-0.1, -0.05) is 36.0 Å². The largest absolute Gasteiger partial charge is 0.337 e. The molecule has 0 saturated carbocycles. The molecule has 1 aromatic carbocycles. The molecule has 0 radical (unpaired) electrons. The summed E-state index contributed by atoms with van der Waals surface area (Å²) in [5.74, 6) is 0.374. The van der Waals surface area contributed by atoms with E-state index in [4.69, 9.17) is 0 Å². The normalized spacial score (nSPS) is 13.9. The van der Waals surface area contributed by atoms with Crippen LogP contribution in [0.5, 0.6) is 0 Å². The Morgan fingerprint density at radius 3 is 2.92 bits per heavy atom. The van der Waals surface area contributed by atoms with Crippen LogP contribution < -0.4 is 5.56 Å². The molecule has 0 aliphatic carbocycles. The first kappa shape index (κ1) is 16.4. The third-order valence-corrected chi connectivity index (χ3v) is 6.29. The third kappa shape index (κ3) is 3.09. The summed E-state index contributed by atoms with van der Waals surface area (Å²) < 4.78 is 1.53. The molecule has 4 rings (SSSR count). The molecule has 0 atom stereocenters. The smallest absolute Gasteiger partial charge is 0.262 e. The zero-order valence-electron chi connectivity index (χ0n) is 13.8. The Morgan fingerprint density at radius 1 is 1.28 bits per heavy atom. The van der Waals surface area contributed by atoms with Crippen molar-refractivity contribution in [3.8, 4) is 0 Å². The summed E-state index contributed by atoms with van der Waals surface area (Å²) in [5.41, 5.74) is 2.48. The molecule has 0 spiro atoms. The second-order valence-corrected chi connectivity index (χ2v) is 7.86. The van der Waals surface area contributed by atoms with Crippen molar-refractivity contribution in [3.63, 3.8) is 0 Å². The molecule has 0 saturated heterocycles. The lowest BCUT2D eigenvalue weighted by Crippen LogP contribution is -2.37. The Balaban J connectivity index is 1.48. The van der Waals surface area contributed by atoms with Gasteiger partial charge in [-0.25, -0.2) is 4.98 Å². The van der Waals surface area contributed by atoms with Crippen LogP contribution in [0.25, 0.3) is 10.2 Å². The Kier molecular flexibility index (Phi) is 4.35. The van der Waals surface area contributed by atoms with Crippen LogP contribution in [-0.2, 0) is 24.8 Å². The molecule has 0 fully saturated rings. The fourth-order valence-electron chi connectivity index (χ4n) is 3.04. The van der Waals surface area contributed by atoms with Gasteiger partial charge in [-0.2, -0.15) is 0 Å². The van der Waals surface area contributed by atoms with E-state index in [1.807, 2.05) is 22.4 Å². The maximum absolute atomic E-state index is 12.6. The molecule has 25 heavy (non-hydrogen) atoms. The Bertz CT molecular complexity index is 1010. The summed E-state index contributed by atoms with van der Waals surface area (Å²) in [6.07, 6.45) is 0.893. The summed E-state index contributed by atoms with van der Waals surface area (Å²) in [7, 11) is 1.70. The fraction of sp³-hybridized carbons (Fsp3) is 0.278. The molecule has 3 aromatic rings. The average molecular weight is 371 g/mol. The lowest BCUT2D eigenvalue weighted by Gasteiger charge is -2.28. The Morgan fingerprint density at radius 2 is 2.08 bits per heavy atom. The van der Waals surface area contributed by atoms with Crippen molar-refractivity contribution in [1.82, 2.24) is 14.5 Å². The molecule has 5 nitrogen and oxygen atoms in total. The zero-order chi connectivity index (χ0) is 17.4. The molecule has 0 bridgehead atoms. The predicted octanol–water partition coefficient (Wildman–Crippen LogP) is 2.67. The minimum Gasteiger partial charge on any atom is -0.337 e. The number of nitrogens with zero attached hydrogens (tertiary/aromatic N) is 3. The highest BCUT2D eigenvalue weighted by Crippen LogP contribution is 2.23. The second kappa shape index (κ2) is 6.65. The third-order valence-electron chi connectivity index (χ3n) is 4.47. The van der Waals surface area contributed by atoms with Gasteiger partial charge in [0.25, 0.3) is 5.56 Å². The molecule has 1 aliphatic rings. The minimum atomic E-state index is -0.0619. The van der Waals surface area contributed by atoms with Crippen LogP contribution in [0.15, 0.2) is 45.7 Å². The van der Waals surface area contributed by atoms with Crippen LogP contribution in [0.4, 0.5) is 0 Å². The second-order valence-electron chi connectivity index (χ2n) is 6.02. The molecule has 0 N–H and O–H groups in total. The predicted molar refractivity (Wildman–Crippen MR) is 101 cm³/mol. The van der Waals surface area contributed by atoms with Gasteiger partial charge in [0.2, 0.25) is 5.91 Å². The Labute approximate surface area is 153 Å². The number of thioether (sulfide) groups is 1. The van der Waals surface area contributed by atoms with Crippen molar-refractivity contribution in [2.45, 2.75) is 18.1 Å². The number of rotatable bonds is 3. The van der Waals surface area contributed by atoms with Gasteiger partial charge in [-0.05, 0) is 29.0 Å². The first-order valence-electron chi connectivity index (χ1n) is 8.05. The molecule has 1 aliphatic heterocycles. The number of benzene rings is 1. The number of thiophene rings is 1. The number of hydrogen-bond donors (Lipinski definition) is 0. The lowest BCUT2D eigenvalue weighted by atomic mass is 10.00. The first-order chi connectivity index (χ1) is 12.1. The summed E-state index contributed by atoms with van der Waals surface area (Å²) in [6.45, 7) is 1.40. The molecule has 7 heteroatoms. The van der Waals surface area contributed by atoms with E-state index in [0.717, 1.165) is 17.8 Å². The lowest BCUT2D eigenvalue weighted by molar-refractivity contribution is -0.129. The number of amides is 1. The van der Waals surface area contributed by atoms with Crippen LogP contribution in [0, 0.1) is 0 Å². The van der Waals surface area contributed by atoms with Gasteiger partial charge in [-0.3, -0.25) is 14.2 Å². The van der Waals surface area contributed by atoms with E-state index in [1.165, 1.54) is 38.8 Å². The first-order valence-corrected chi connectivity index (χ1v) is 9.91. The number of carbonyl (C=O) groups is 1. The van der Waals surface area contributed by atoms with Crippen LogP contribution in [0.2, 0.25) is 0 Å². The summed E-state index contributed by atoms with van der Waals surface area (Å²) in [4.78, 5) is 32.0. The maximum Gasteiger partial charge on any atom is 0.262 e. The Hall–Kier alpha value is -2.12. The fourth-order valence-corrected chi connectivity index (χ4v) is 4.72. The van der Waals surface area contributed by atoms with Gasteiger partial charge in [0.15, 0.2) is 5.16 Å². The number of carbonyl (C=O) groups excluding carboxylic acids is 1. The highest BCUT2D eigenvalue weighted by Gasteiger charge is 2.21. The standard InChI is InChI=1S/C18H17N3O2S2/c1-20-17(23)14-7-9-24-16(14)19-18(20)25-11-15(22)21-8-6-12-4-2-3-5-13(12)10-21/h2-5,7,9H,6,8,10-11H2,1H3. The van der Waals surface area contributed by atoms with Gasteiger partial charge < -0.3 is 4.90 Å². The van der Waals surface area contributed by atoms with Crippen molar-refractivity contribution in [2.24, 2.45) is 7.05 Å². The molecular formula is C18H17N3O2S2. The zero-order valence-corrected chi connectivity index (χ0v) is 15.4. The van der Waals surface area contributed by atoms with E-state index < -0.39 is 0 Å². The summed E-state index contributed by atoms with van der Waals surface area (Å²) in [5, 5.41) is 3.09. The topological polar surface area (TPSA) is 55.2 Å². The van der Waals surface area contributed by atoms with Crippen LogP contribution >= 0.6 is 23.1 Å². The molecule has 0 unspecified atom stereocenters. The van der Waals surface area contributed by atoms with Gasteiger partial charge in [0.05, 0.1) is 11.1 Å². The van der Waals surface area contributed by atoms with Gasteiger partial charge >= 0.3 is 0 Å². The highest BCUT2D eigenvalue weighted by atomic mass is 32.2. The van der Waals surface area contributed by atoms with E-state index in [1.54, 1.807) is 13.1 Å². The van der Waals surface area contributed by atoms with Crippen molar-refractivity contribution >= 4 is 39.2 Å². The van der Waals surface area contributed by atoms with Crippen molar-refractivity contribution in [2.75, 3.05) is 12.3 Å². The van der Waals surface area contributed by atoms with Crippen molar-refractivity contribution in [3.05, 3.63) is 57.2 Å². The molecule has 1 amide bonds. The highest BCUT2D eigenvalue weighted by molar-refractivity contribution is 7.99. The maximum atomic E-state index is 12.6. The molecular weight excluding hydrogens is 354 g/mol. The minimum absolute atomic E-state index is 0.0619. The van der Waals surface area contributed by atoms with Crippen LogP contribution in [0.3, 0.4) is 0 Å². The molecule has 128 valence electrons. The average Bonchev–Trinajstić information content (AvgIpc) is 3.11. The van der Waals surface area contributed by atoms with E-state index in [2.05, 4.69) is 17.1 Å². The van der Waals surface area contributed by atoms with Gasteiger partial charge in [-0.15, -0.1) is 11.3 Å². The van der Waals surface area contributed by atoms with E-state index in [-0.39, 0.29) is 11.5 Å². The number of aromatic nitrogens is 2. The SMILES string of the molecule is Cn1c(SCC(=O)N2CCc3ccccc3C2)nc2sccc2c1=O. The van der Waals surface area contributed by atoms with Gasteiger partial charge in [0, 0.05) is 20.1 Å². The van der Waals surface area contributed by atoms with Crippen molar-refractivity contribution < 1.29 is 4.79 Å².